The minimum absolute atomic E-state index is 0.0196. The summed E-state index contributed by atoms with van der Waals surface area (Å²) in [6.45, 7) is -0.0196. The van der Waals surface area contributed by atoms with E-state index in [0.717, 1.165) is 4.68 Å². The van der Waals surface area contributed by atoms with Crippen molar-refractivity contribution >= 4 is 22.5 Å². The predicted octanol–water partition coefficient (Wildman–Crippen LogP) is 3.56. The van der Waals surface area contributed by atoms with Crippen molar-refractivity contribution in [3.63, 3.8) is 0 Å². The summed E-state index contributed by atoms with van der Waals surface area (Å²) in [6, 6.07) is 4.99. The molecular formula is C16H11ClF4N4O. The average Bonchev–Trinajstić information content (AvgIpc) is 3.32. The molecule has 1 aliphatic carbocycles. The Labute approximate surface area is 148 Å². The number of benzene rings is 1. The maximum atomic E-state index is 13.8. The highest BCUT2D eigenvalue weighted by molar-refractivity contribution is 6.34. The number of hydrogen-bond acceptors (Lipinski definition) is 3. The Morgan fingerprint density at radius 2 is 2.00 bits per heavy atom. The van der Waals surface area contributed by atoms with E-state index in [1.807, 2.05) is 0 Å². The van der Waals surface area contributed by atoms with E-state index >= 15 is 0 Å². The Balaban J connectivity index is 1.73. The Kier molecular flexibility index (Phi) is 3.80. The van der Waals surface area contributed by atoms with Crippen molar-refractivity contribution in [1.29, 1.82) is 0 Å². The van der Waals surface area contributed by atoms with Crippen LogP contribution in [0.3, 0.4) is 0 Å². The third kappa shape index (κ3) is 2.76. The van der Waals surface area contributed by atoms with Crippen LogP contribution in [0.5, 0.6) is 0 Å². The van der Waals surface area contributed by atoms with Gasteiger partial charge >= 0.3 is 6.18 Å². The zero-order valence-corrected chi connectivity index (χ0v) is 13.8. The molecule has 1 saturated carbocycles. The number of alkyl halides is 3. The van der Waals surface area contributed by atoms with Crippen LogP contribution in [0.15, 0.2) is 35.3 Å². The van der Waals surface area contributed by atoms with Crippen molar-refractivity contribution < 1.29 is 17.6 Å². The van der Waals surface area contributed by atoms with Crippen molar-refractivity contribution in [2.45, 2.75) is 25.2 Å². The van der Waals surface area contributed by atoms with Crippen LogP contribution in [0, 0.1) is 11.7 Å². The molecular weight excluding hydrogens is 376 g/mol. The summed E-state index contributed by atoms with van der Waals surface area (Å²) < 4.78 is 54.1. The third-order valence-corrected chi connectivity index (χ3v) is 4.81. The number of nitrogens with zero attached hydrogens (tertiary/aromatic N) is 4. The molecule has 26 heavy (non-hydrogen) atoms. The molecule has 0 saturated heterocycles. The summed E-state index contributed by atoms with van der Waals surface area (Å²) in [5.74, 6) is -2.04. The lowest BCUT2D eigenvalue weighted by Gasteiger charge is -2.06. The molecule has 1 aliphatic rings. The van der Waals surface area contributed by atoms with Crippen LogP contribution in [0.2, 0.25) is 5.15 Å². The van der Waals surface area contributed by atoms with Gasteiger partial charge in [0.05, 0.1) is 30.1 Å². The summed E-state index contributed by atoms with van der Waals surface area (Å²) in [5, 5.41) is 8.18. The van der Waals surface area contributed by atoms with E-state index in [2.05, 4.69) is 10.2 Å². The highest BCUT2D eigenvalue weighted by atomic mass is 35.5. The standard InChI is InChI=1S/C16H11ClF4N4O/c17-14-9-6-22-25(12-5-10(12)16(19,20)21)15(26)13(9)23-24(14)7-8-3-1-2-4-11(8)18/h1-4,6,10,12H,5,7H2/t10-,12+/m0/s1. The molecule has 0 spiro atoms. The lowest BCUT2D eigenvalue weighted by molar-refractivity contribution is -0.150. The molecule has 0 aliphatic heterocycles. The van der Waals surface area contributed by atoms with Gasteiger partial charge in [-0.25, -0.2) is 13.8 Å². The molecule has 3 aromatic rings. The van der Waals surface area contributed by atoms with Gasteiger partial charge in [-0.15, -0.1) is 0 Å². The van der Waals surface area contributed by atoms with E-state index in [0.29, 0.717) is 5.56 Å². The van der Waals surface area contributed by atoms with Gasteiger partial charge < -0.3 is 0 Å². The number of rotatable bonds is 3. The van der Waals surface area contributed by atoms with E-state index < -0.39 is 29.5 Å². The van der Waals surface area contributed by atoms with Gasteiger partial charge in [-0.3, -0.25) is 4.79 Å². The fourth-order valence-electron chi connectivity index (χ4n) is 2.94. The van der Waals surface area contributed by atoms with Gasteiger partial charge in [-0.05, 0) is 12.5 Å². The summed E-state index contributed by atoms with van der Waals surface area (Å²) >= 11 is 6.19. The van der Waals surface area contributed by atoms with E-state index in [1.165, 1.54) is 23.0 Å². The van der Waals surface area contributed by atoms with E-state index in [9.17, 15) is 22.4 Å². The Hall–Kier alpha value is -2.42. The number of hydrogen-bond donors (Lipinski definition) is 0. The molecule has 0 N–H and O–H groups in total. The quantitative estimate of drug-likeness (QED) is 0.647. The van der Waals surface area contributed by atoms with Crippen LogP contribution >= 0.6 is 11.6 Å². The SMILES string of the molecule is O=c1c2nn(Cc3ccccc3F)c(Cl)c2cnn1[C@@H]1C[C@@H]1C(F)(F)F. The second-order valence-corrected chi connectivity index (χ2v) is 6.51. The Morgan fingerprint density at radius 1 is 1.27 bits per heavy atom. The zero-order chi connectivity index (χ0) is 18.6. The lowest BCUT2D eigenvalue weighted by Crippen LogP contribution is -2.25. The number of halogens is 5. The fraction of sp³-hybridized carbons (Fsp3) is 0.312. The highest BCUT2D eigenvalue weighted by Crippen LogP contribution is 2.52. The molecule has 0 bridgehead atoms. The molecule has 0 amide bonds. The van der Waals surface area contributed by atoms with Crippen molar-refractivity contribution in [2.24, 2.45) is 5.92 Å². The van der Waals surface area contributed by atoms with Crippen LogP contribution in [-0.2, 0) is 6.54 Å². The normalized spacial score (nSPS) is 19.9. The largest absolute Gasteiger partial charge is 0.393 e. The second kappa shape index (κ2) is 5.80. The molecule has 0 unspecified atom stereocenters. The first-order valence-electron chi connectivity index (χ1n) is 7.71. The van der Waals surface area contributed by atoms with Gasteiger partial charge in [0.15, 0.2) is 5.52 Å². The van der Waals surface area contributed by atoms with Crippen molar-refractivity contribution in [3.05, 3.63) is 57.3 Å². The predicted molar refractivity (Wildman–Crippen MR) is 85.5 cm³/mol. The Bertz CT molecular complexity index is 1060. The van der Waals surface area contributed by atoms with Crippen molar-refractivity contribution in [3.8, 4) is 0 Å². The molecule has 2 aromatic heterocycles. The monoisotopic (exact) mass is 386 g/mol. The molecule has 0 radical (unpaired) electrons. The smallest absolute Gasteiger partial charge is 0.265 e. The molecule has 1 aromatic carbocycles. The number of fused-ring (bicyclic) bond motifs is 1. The molecule has 4 rings (SSSR count). The lowest BCUT2D eigenvalue weighted by atomic mass is 10.2. The van der Waals surface area contributed by atoms with Gasteiger partial charge in [0.2, 0.25) is 0 Å². The van der Waals surface area contributed by atoms with Crippen LogP contribution in [-0.4, -0.2) is 25.7 Å². The summed E-state index contributed by atoms with van der Waals surface area (Å²) in [4.78, 5) is 12.5. The minimum atomic E-state index is -4.37. The van der Waals surface area contributed by atoms with Gasteiger partial charge in [0, 0.05) is 5.56 Å². The van der Waals surface area contributed by atoms with Crippen LogP contribution < -0.4 is 5.56 Å². The Morgan fingerprint density at radius 3 is 2.65 bits per heavy atom. The summed E-state index contributed by atoms with van der Waals surface area (Å²) in [5.41, 5.74) is -0.516. The average molecular weight is 387 g/mol. The van der Waals surface area contributed by atoms with Gasteiger partial charge in [-0.2, -0.15) is 23.4 Å². The molecule has 2 heterocycles. The molecule has 10 heteroatoms. The van der Waals surface area contributed by atoms with Crippen LogP contribution in [0.4, 0.5) is 17.6 Å². The first-order chi connectivity index (χ1) is 12.3. The molecule has 5 nitrogen and oxygen atoms in total. The summed E-state index contributed by atoms with van der Waals surface area (Å²) in [6.07, 6.45) is -3.34. The minimum Gasteiger partial charge on any atom is -0.265 e. The van der Waals surface area contributed by atoms with Gasteiger partial charge in [0.1, 0.15) is 11.0 Å². The van der Waals surface area contributed by atoms with Gasteiger partial charge in [-0.1, -0.05) is 29.8 Å². The second-order valence-electron chi connectivity index (χ2n) is 6.15. The summed E-state index contributed by atoms with van der Waals surface area (Å²) in [7, 11) is 0. The molecule has 136 valence electrons. The molecule has 1 fully saturated rings. The van der Waals surface area contributed by atoms with Crippen LogP contribution in [0.1, 0.15) is 18.0 Å². The third-order valence-electron chi connectivity index (χ3n) is 4.42. The van der Waals surface area contributed by atoms with Crippen molar-refractivity contribution in [1.82, 2.24) is 19.6 Å². The molecule has 2 atom stereocenters. The van der Waals surface area contributed by atoms with Gasteiger partial charge in [0.25, 0.3) is 5.56 Å². The fourth-order valence-corrected chi connectivity index (χ4v) is 3.18. The first-order valence-corrected chi connectivity index (χ1v) is 8.09. The maximum Gasteiger partial charge on any atom is 0.393 e. The number of aromatic nitrogens is 4. The maximum absolute atomic E-state index is 13.8. The zero-order valence-electron chi connectivity index (χ0n) is 13.0. The topological polar surface area (TPSA) is 52.7 Å². The van der Waals surface area contributed by atoms with Crippen LogP contribution in [0.25, 0.3) is 10.9 Å². The highest BCUT2D eigenvalue weighted by Gasteiger charge is 2.57. The first kappa shape index (κ1) is 17.0. The van der Waals surface area contributed by atoms with Crippen molar-refractivity contribution in [2.75, 3.05) is 0 Å². The van der Waals surface area contributed by atoms with E-state index in [-0.39, 0.29) is 29.0 Å². The van der Waals surface area contributed by atoms with E-state index in [4.69, 9.17) is 11.6 Å². The van der Waals surface area contributed by atoms with E-state index in [1.54, 1.807) is 12.1 Å².